The lowest BCUT2D eigenvalue weighted by Gasteiger charge is -2.21. The number of fused-ring (bicyclic) bond motifs is 1. The van der Waals surface area contributed by atoms with Crippen molar-refractivity contribution in [1.82, 2.24) is 9.88 Å². The number of ether oxygens (including phenoxy) is 1. The average Bonchev–Trinajstić information content (AvgIpc) is 3.37. The molecule has 1 atom stereocenters. The maximum absolute atomic E-state index is 12.8. The van der Waals surface area contributed by atoms with E-state index in [4.69, 9.17) is 4.74 Å². The summed E-state index contributed by atoms with van der Waals surface area (Å²) in [6.07, 6.45) is 2.09. The molecule has 32 heavy (non-hydrogen) atoms. The van der Waals surface area contributed by atoms with Crippen LogP contribution in [-0.2, 0) is 4.79 Å². The Morgan fingerprint density at radius 2 is 1.75 bits per heavy atom. The van der Waals surface area contributed by atoms with Crippen LogP contribution in [0.4, 0.5) is 5.13 Å². The Bertz CT molecular complexity index is 1120. The fourth-order valence-electron chi connectivity index (χ4n) is 3.41. The number of imide groups is 1. The standard InChI is InChI=1S/C24H23N3O4S/c1-3-4-13-31-17-11-9-16(10-12-17)20-14-32-24(25-20)26-21(28)15(2)27-22(29)18-7-5-6-8-19(18)23(27)30/h5-12,14-15H,3-4,13H2,1-2H3,(H,25,26,28). The largest absolute Gasteiger partial charge is 0.494 e. The Labute approximate surface area is 190 Å². The van der Waals surface area contributed by atoms with E-state index in [0.717, 1.165) is 34.7 Å². The van der Waals surface area contributed by atoms with E-state index in [1.807, 2.05) is 29.6 Å². The van der Waals surface area contributed by atoms with Gasteiger partial charge in [-0.3, -0.25) is 19.3 Å². The highest BCUT2D eigenvalue weighted by molar-refractivity contribution is 7.14. The Morgan fingerprint density at radius 3 is 2.38 bits per heavy atom. The molecular weight excluding hydrogens is 426 g/mol. The smallest absolute Gasteiger partial charge is 0.262 e. The number of hydrogen-bond acceptors (Lipinski definition) is 6. The van der Waals surface area contributed by atoms with Gasteiger partial charge in [-0.2, -0.15) is 0 Å². The Balaban J connectivity index is 1.41. The van der Waals surface area contributed by atoms with Crippen molar-refractivity contribution in [1.29, 1.82) is 0 Å². The van der Waals surface area contributed by atoms with Crippen LogP contribution < -0.4 is 10.1 Å². The van der Waals surface area contributed by atoms with Crippen LogP contribution >= 0.6 is 11.3 Å². The number of unbranched alkanes of at least 4 members (excludes halogenated alkanes) is 1. The highest BCUT2D eigenvalue weighted by Gasteiger charge is 2.40. The minimum absolute atomic E-state index is 0.316. The van der Waals surface area contributed by atoms with Gasteiger partial charge >= 0.3 is 0 Å². The van der Waals surface area contributed by atoms with Crippen molar-refractivity contribution in [3.8, 4) is 17.0 Å². The number of carbonyl (C=O) groups is 3. The quantitative estimate of drug-likeness (QED) is 0.401. The van der Waals surface area contributed by atoms with Gasteiger partial charge in [-0.25, -0.2) is 4.98 Å². The molecule has 0 spiro atoms. The van der Waals surface area contributed by atoms with Crippen LogP contribution in [0.15, 0.2) is 53.9 Å². The summed E-state index contributed by atoms with van der Waals surface area (Å²) in [5, 5.41) is 4.96. The fourth-order valence-corrected chi connectivity index (χ4v) is 4.13. The normalized spacial score (nSPS) is 13.8. The third-order valence-corrected chi connectivity index (χ3v) is 6.00. The lowest BCUT2D eigenvalue weighted by atomic mass is 10.1. The summed E-state index contributed by atoms with van der Waals surface area (Å²) in [4.78, 5) is 43.4. The second-order valence-corrected chi connectivity index (χ2v) is 8.31. The van der Waals surface area contributed by atoms with E-state index in [0.29, 0.717) is 22.9 Å². The number of nitrogens with one attached hydrogen (secondary N) is 1. The van der Waals surface area contributed by atoms with Gasteiger partial charge in [0.2, 0.25) is 5.91 Å². The van der Waals surface area contributed by atoms with E-state index in [2.05, 4.69) is 17.2 Å². The summed E-state index contributed by atoms with van der Waals surface area (Å²) in [6, 6.07) is 13.2. The molecule has 4 rings (SSSR count). The summed E-state index contributed by atoms with van der Waals surface area (Å²) >= 11 is 1.28. The van der Waals surface area contributed by atoms with Gasteiger partial charge in [0.1, 0.15) is 11.8 Å². The average molecular weight is 450 g/mol. The van der Waals surface area contributed by atoms with Crippen LogP contribution in [0.25, 0.3) is 11.3 Å². The summed E-state index contributed by atoms with van der Waals surface area (Å²) in [5.41, 5.74) is 2.25. The molecule has 1 aliphatic heterocycles. The van der Waals surface area contributed by atoms with Gasteiger partial charge in [0.05, 0.1) is 23.4 Å². The molecule has 3 aromatic rings. The van der Waals surface area contributed by atoms with Gasteiger partial charge in [-0.05, 0) is 49.7 Å². The number of nitrogens with zero attached hydrogens (tertiary/aromatic N) is 2. The predicted octanol–water partition coefficient (Wildman–Crippen LogP) is 4.61. The van der Waals surface area contributed by atoms with Crippen molar-refractivity contribution < 1.29 is 19.1 Å². The number of carbonyl (C=O) groups excluding carboxylic acids is 3. The molecule has 1 unspecified atom stereocenters. The van der Waals surface area contributed by atoms with Crippen molar-refractivity contribution in [2.75, 3.05) is 11.9 Å². The number of hydrogen-bond donors (Lipinski definition) is 1. The molecule has 2 aromatic carbocycles. The van der Waals surface area contributed by atoms with Gasteiger partial charge in [0.25, 0.3) is 11.8 Å². The molecule has 0 saturated heterocycles. The maximum atomic E-state index is 12.8. The van der Waals surface area contributed by atoms with Crippen molar-refractivity contribution in [3.63, 3.8) is 0 Å². The third-order valence-electron chi connectivity index (χ3n) is 5.24. The van der Waals surface area contributed by atoms with Crippen molar-refractivity contribution in [3.05, 3.63) is 65.0 Å². The minimum Gasteiger partial charge on any atom is -0.494 e. The summed E-state index contributed by atoms with van der Waals surface area (Å²) in [5.74, 6) is -0.593. The molecule has 0 aliphatic carbocycles. The van der Waals surface area contributed by atoms with Crippen LogP contribution in [-0.4, -0.2) is 40.3 Å². The van der Waals surface area contributed by atoms with E-state index in [-0.39, 0.29) is 0 Å². The lowest BCUT2D eigenvalue weighted by molar-refractivity contribution is -0.119. The first-order chi connectivity index (χ1) is 15.5. The zero-order valence-corrected chi connectivity index (χ0v) is 18.6. The second kappa shape index (κ2) is 9.32. The predicted molar refractivity (Wildman–Crippen MR) is 123 cm³/mol. The van der Waals surface area contributed by atoms with Crippen LogP contribution in [0.2, 0.25) is 0 Å². The number of benzene rings is 2. The van der Waals surface area contributed by atoms with Crippen LogP contribution in [0.1, 0.15) is 47.4 Å². The molecule has 0 saturated carbocycles. The number of anilines is 1. The summed E-state index contributed by atoms with van der Waals surface area (Å²) < 4.78 is 5.68. The van der Waals surface area contributed by atoms with Gasteiger partial charge < -0.3 is 10.1 Å². The van der Waals surface area contributed by atoms with E-state index < -0.39 is 23.8 Å². The zero-order valence-electron chi connectivity index (χ0n) is 17.8. The van der Waals surface area contributed by atoms with E-state index in [1.54, 1.807) is 24.3 Å². The van der Waals surface area contributed by atoms with Gasteiger partial charge in [0.15, 0.2) is 5.13 Å². The Kier molecular flexibility index (Phi) is 6.32. The molecule has 0 bridgehead atoms. The molecule has 1 aromatic heterocycles. The Morgan fingerprint density at radius 1 is 1.09 bits per heavy atom. The molecule has 164 valence electrons. The van der Waals surface area contributed by atoms with Crippen LogP contribution in [0.5, 0.6) is 5.75 Å². The SMILES string of the molecule is CCCCOc1ccc(-c2csc(NC(=O)C(C)N3C(=O)c4ccccc4C3=O)n2)cc1. The first-order valence-corrected chi connectivity index (χ1v) is 11.3. The minimum atomic E-state index is -0.964. The number of thiazole rings is 1. The van der Waals surface area contributed by atoms with Gasteiger partial charge in [-0.1, -0.05) is 25.5 Å². The highest BCUT2D eigenvalue weighted by Crippen LogP contribution is 2.28. The van der Waals surface area contributed by atoms with Gasteiger partial charge in [-0.15, -0.1) is 11.3 Å². The highest BCUT2D eigenvalue weighted by atomic mass is 32.1. The fraction of sp³-hybridized carbons (Fsp3) is 0.250. The molecule has 0 radical (unpaired) electrons. The first-order valence-electron chi connectivity index (χ1n) is 10.5. The first kappa shape index (κ1) is 21.7. The van der Waals surface area contributed by atoms with Crippen molar-refractivity contribution in [2.45, 2.75) is 32.7 Å². The molecular formula is C24H23N3O4S. The number of rotatable bonds is 8. The van der Waals surface area contributed by atoms with Gasteiger partial charge in [0, 0.05) is 10.9 Å². The number of amides is 3. The maximum Gasteiger partial charge on any atom is 0.262 e. The zero-order chi connectivity index (χ0) is 22.7. The van der Waals surface area contributed by atoms with Crippen LogP contribution in [0.3, 0.4) is 0 Å². The summed E-state index contributed by atoms with van der Waals surface area (Å²) in [6.45, 7) is 4.34. The molecule has 7 nitrogen and oxygen atoms in total. The molecule has 3 amide bonds. The summed E-state index contributed by atoms with van der Waals surface area (Å²) in [7, 11) is 0. The van der Waals surface area contributed by atoms with Crippen LogP contribution in [0, 0.1) is 0 Å². The van der Waals surface area contributed by atoms with E-state index >= 15 is 0 Å². The Hall–Kier alpha value is -3.52. The van der Waals surface area contributed by atoms with Crippen molar-refractivity contribution in [2.24, 2.45) is 0 Å². The monoisotopic (exact) mass is 449 g/mol. The molecule has 0 fully saturated rings. The topological polar surface area (TPSA) is 88.6 Å². The second-order valence-electron chi connectivity index (χ2n) is 7.46. The van der Waals surface area contributed by atoms with E-state index in [9.17, 15) is 14.4 Å². The lowest BCUT2D eigenvalue weighted by Crippen LogP contribution is -2.45. The number of aromatic nitrogens is 1. The van der Waals surface area contributed by atoms with E-state index in [1.165, 1.54) is 18.3 Å². The molecule has 2 heterocycles. The molecule has 1 aliphatic rings. The molecule has 1 N–H and O–H groups in total. The van der Waals surface area contributed by atoms with Crippen molar-refractivity contribution >= 4 is 34.2 Å². The third kappa shape index (κ3) is 4.27. The molecule has 8 heteroatoms.